The van der Waals surface area contributed by atoms with E-state index in [1.54, 1.807) is 0 Å². The van der Waals surface area contributed by atoms with Gasteiger partial charge in [-0.05, 0) is 61.4 Å². The van der Waals surface area contributed by atoms with Crippen molar-refractivity contribution in [2.75, 3.05) is 13.1 Å². The van der Waals surface area contributed by atoms with Gasteiger partial charge in [0.05, 0.1) is 5.92 Å². The second-order valence-corrected chi connectivity index (χ2v) is 7.91. The molecule has 1 amide bonds. The molecule has 3 nitrogen and oxygen atoms in total. The molecule has 2 rings (SSSR count). The molecule has 1 aliphatic heterocycles. The highest BCUT2D eigenvalue weighted by molar-refractivity contribution is 7.80. The molecule has 4 heteroatoms. The summed E-state index contributed by atoms with van der Waals surface area (Å²) in [6.07, 6.45) is 3.35. The number of carbonyl (C=O) groups is 1. The zero-order valence-electron chi connectivity index (χ0n) is 15.3. The van der Waals surface area contributed by atoms with Crippen molar-refractivity contribution in [3.05, 3.63) is 35.4 Å². The van der Waals surface area contributed by atoms with Gasteiger partial charge in [-0.25, -0.2) is 0 Å². The van der Waals surface area contributed by atoms with Gasteiger partial charge in [0.1, 0.15) is 0 Å². The van der Waals surface area contributed by atoms with Crippen LogP contribution >= 0.6 is 12.2 Å². The maximum absolute atomic E-state index is 12.5. The molecule has 0 saturated carbocycles. The molecule has 1 fully saturated rings. The van der Waals surface area contributed by atoms with E-state index in [9.17, 15) is 4.79 Å². The summed E-state index contributed by atoms with van der Waals surface area (Å²) in [6, 6.07) is 8.38. The van der Waals surface area contributed by atoms with E-state index in [2.05, 4.69) is 55.3 Å². The van der Waals surface area contributed by atoms with E-state index in [4.69, 9.17) is 12.2 Å². The number of piperidine rings is 1. The second kappa shape index (κ2) is 8.61. The van der Waals surface area contributed by atoms with E-state index in [-0.39, 0.29) is 11.8 Å². The largest absolute Gasteiger partial charge is 0.349 e. The first-order valence-electron chi connectivity index (χ1n) is 9.05. The summed E-state index contributed by atoms with van der Waals surface area (Å²) in [4.78, 5) is 14.6. The fraction of sp³-hybridized carbons (Fsp3) is 0.600. The molecular weight excluding hydrogens is 316 g/mol. The molecule has 1 aromatic carbocycles. The Bertz CT molecular complexity index is 560. The Labute approximate surface area is 151 Å². The first kappa shape index (κ1) is 18.9. The topological polar surface area (TPSA) is 32.3 Å². The number of nitrogens with zero attached hydrogens (tertiary/aromatic N) is 1. The molecule has 24 heavy (non-hydrogen) atoms. The Morgan fingerprint density at radius 2 is 1.79 bits per heavy atom. The van der Waals surface area contributed by atoms with Gasteiger partial charge in [-0.15, -0.1) is 0 Å². The molecule has 0 spiro atoms. The predicted octanol–water partition coefficient (Wildman–Crippen LogP) is 4.12. The first-order chi connectivity index (χ1) is 11.4. The molecule has 0 aliphatic carbocycles. The molecule has 1 aliphatic rings. The van der Waals surface area contributed by atoms with Gasteiger partial charge in [-0.3, -0.25) is 4.79 Å². The normalized spacial score (nSPS) is 17.0. The molecule has 132 valence electrons. The van der Waals surface area contributed by atoms with Crippen LogP contribution < -0.4 is 5.32 Å². The fourth-order valence-corrected chi connectivity index (χ4v) is 3.35. The molecule has 1 aromatic rings. The summed E-state index contributed by atoms with van der Waals surface area (Å²) in [6.45, 7) is 10.5. The summed E-state index contributed by atoms with van der Waals surface area (Å²) in [5.74, 6) is 1.18. The monoisotopic (exact) mass is 346 g/mol. The highest BCUT2D eigenvalue weighted by Gasteiger charge is 2.22. The number of rotatable bonds is 4. The van der Waals surface area contributed by atoms with Gasteiger partial charge in [0.25, 0.3) is 0 Å². The third kappa shape index (κ3) is 5.30. The Morgan fingerprint density at radius 3 is 2.33 bits per heavy atom. The molecule has 1 N–H and O–H groups in total. The van der Waals surface area contributed by atoms with E-state index in [1.807, 2.05) is 6.92 Å². The lowest BCUT2D eigenvalue weighted by atomic mass is 9.96. The molecule has 0 aromatic heterocycles. The van der Waals surface area contributed by atoms with Crippen LogP contribution in [-0.2, 0) is 11.2 Å². The average molecular weight is 347 g/mol. The van der Waals surface area contributed by atoms with Gasteiger partial charge in [0, 0.05) is 13.1 Å². The highest BCUT2D eigenvalue weighted by atomic mass is 32.1. The van der Waals surface area contributed by atoms with Gasteiger partial charge >= 0.3 is 0 Å². The van der Waals surface area contributed by atoms with Crippen LogP contribution in [0.3, 0.4) is 0 Å². The van der Waals surface area contributed by atoms with E-state index >= 15 is 0 Å². The maximum atomic E-state index is 12.5. The molecule has 1 atom stereocenters. The lowest BCUT2D eigenvalue weighted by Crippen LogP contribution is -2.47. The number of nitrogens with one attached hydrogen (secondary N) is 1. The summed E-state index contributed by atoms with van der Waals surface area (Å²) in [7, 11) is 0. The van der Waals surface area contributed by atoms with Crippen molar-refractivity contribution in [3.63, 3.8) is 0 Å². The van der Waals surface area contributed by atoms with Crippen molar-refractivity contribution in [2.45, 2.75) is 52.9 Å². The summed E-state index contributed by atoms with van der Waals surface area (Å²) >= 11 is 5.42. The molecular formula is C20H30N2OS. The van der Waals surface area contributed by atoms with Crippen LogP contribution in [0.5, 0.6) is 0 Å². The Hall–Kier alpha value is -1.42. The lowest BCUT2D eigenvalue weighted by Gasteiger charge is -2.32. The van der Waals surface area contributed by atoms with Crippen LogP contribution in [0.25, 0.3) is 0 Å². The van der Waals surface area contributed by atoms with Crippen molar-refractivity contribution in [3.8, 4) is 0 Å². The Balaban J connectivity index is 1.90. The third-order valence-corrected chi connectivity index (χ3v) is 5.18. The minimum absolute atomic E-state index is 0.0183. The standard InChI is InChI=1S/C20H30N2OS/c1-14(2)13-17-5-7-18(8-6-17)16(4)19(23)21-20(24)22-11-9-15(3)10-12-22/h5-8,14-16H,9-13H2,1-4H3,(H,21,23,24). The molecule has 1 heterocycles. The number of carbonyl (C=O) groups excluding carboxylic acids is 1. The van der Waals surface area contributed by atoms with Crippen LogP contribution in [0.2, 0.25) is 0 Å². The van der Waals surface area contributed by atoms with Gasteiger partial charge < -0.3 is 10.2 Å². The zero-order valence-corrected chi connectivity index (χ0v) is 16.2. The zero-order chi connectivity index (χ0) is 17.7. The van der Waals surface area contributed by atoms with Crippen molar-refractivity contribution < 1.29 is 4.79 Å². The van der Waals surface area contributed by atoms with E-state index in [0.29, 0.717) is 11.0 Å². The Morgan fingerprint density at radius 1 is 1.21 bits per heavy atom. The van der Waals surface area contributed by atoms with Gasteiger partial charge in [-0.1, -0.05) is 45.0 Å². The van der Waals surface area contributed by atoms with E-state index in [0.717, 1.165) is 43.8 Å². The average Bonchev–Trinajstić information content (AvgIpc) is 2.54. The molecule has 1 unspecified atom stereocenters. The maximum Gasteiger partial charge on any atom is 0.233 e. The third-order valence-electron chi connectivity index (χ3n) is 4.82. The number of thiocarbonyl (C=S) groups is 1. The van der Waals surface area contributed by atoms with Crippen LogP contribution in [-0.4, -0.2) is 29.0 Å². The van der Waals surface area contributed by atoms with E-state index < -0.39 is 0 Å². The summed E-state index contributed by atoms with van der Waals surface area (Å²) in [5, 5.41) is 3.51. The molecule has 0 bridgehead atoms. The predicted molar refractivity (Wildman–Crippen MR) is 104 cm³/mol. The van der Waals surface area contributed by atoms with Crippen LogP contribution in [0.4, 0.5) is 0 Å². The molecule has 1 saturated heterocycles. The molecule has 0 radical (unpaired) electrons. The van der Waals surface area contributed by atoms with Crippen LogP contribution in [0, 0.1) is 11.8 Å². The minimum Gasteiger partial charge on any atom is -0.349 e. The SMILES string of the molecule is CC(C)Cc1ccc(C(C)C(=O)NC(=S)N2CCC(C)CC2)cc1. The van der Waals surface area contributed by atoms with E-state index in [1.165, 1.54) is 5.56 Å². The van der Waals surface area contributed by atoms with Crippen molar-refractivity contribution >= 4 is 23.2 Å². The van der Waals surface area contributed by atoms with Gasteiger partial charge in [0.2, 0.25) is 5.91 Å². The van der Waals surface area contributed by atoms with Crippen molar-refractivity contribution in [1.82, 2.24) is 10.2 Å². The summed E-state index contributed by atoms with van der Waals surface area (Å²) in [5.41, 5.74) is 2.36. The second-order valence-electron chi connectivity index (χ2n) is 7.53. The minimum atomic E-state index is -0.195. The number of benzene rings is 1. The van der Waals surface area contributed by atoms with Gasteiger partial charge in [0.15, 0.2) is 5.11 Å². The number of likely N-dealkylation sites (tertiary alicyclic amines) is 1. The van der Waals surface area contributed by atoms with Crippen LogP contribution in [0.1, 0.15) is 57.6 Å². The van der Waals surface area contributed by atoms with Crippen molar-refractivity contribution in [1.29, 1.82) is 0 Å². The number of hydrogen-bond donors (Lipinski definition) is 1. The van der Waals surface area contributed by atoms with Crippen molar-refractivity contribution in [2.24, 2.45) is 11.8 Å². The highest BCUT2D eigenvalue weighted by Crippen LogP contribution is 2.19. The fourth-order valence-electron chi connectivity index (χ4n) is 3.07. The Kier molecular flexibility index (Phi) is 6.79. The number of hydrogen-bond acceptors (Lipinski definition) is 2. The lowest BCUT2D eigenvalue weighted by molar-refractivity contribution is -0.120. The smallest absolute Gasteiger partial charge is 0.233 e. The van der Waals surface area contributed by atoms with Crippen LogP contribution in [0.15, 0.2) is 24.3 Å². The quantitative estimate of drug-likeness (QED) is 0.832. The summed E-state index contributed by atoms with van der Waals surface area (Å²) < 4.78 is 0. The van der Waals surface area contributed by atoms with Gasteiger partial charge in [-0.2, -0.15) is 0 Å². The first-order valence-corrected chi connectivity index (χ1v) is 9.46. The number of amides is 1.